The van der Waals surface area contributed by atoms with E-state index in [2.05, 4.69) is 24.0 Å². The first kappa shape index (κ1) is 13.4. The maximum absolute atomic E-state index is 5.80. The van der Waals surface area contributed by atoms with Gasteiger partial charge in [0.15, 0.2) is 5.15 Å². The maximum Gasteiger partial charge on any atom is 0.151 e. The standard InChI is InChI=1S/C16H23ClN2/c1-15-6-3-7-16(2,11-15)10-12(9-15)8-13-4-5-14(17)19-18-13/h4-5,12H,3,6-11H2,1-2H3/t12?,15-,16+. The highest BCUT2D eigenvalue weighted by atomic mass is 35.5. The molecule has 3 heteroatoms. The molecule has 0 N–H and O–H groups in total. The third-order valence-corrected chi connectivity index (χ3v) is 5.36. The van der Waals surface area contributed by atoms with E-state index in [1.54, 1.807) is 0 Å². The molecule has 19 heavy (non-hydrogen) atoms. The van der Waals surface area contributed by atoms with Crippen LogP contribution in [0, 0.1) is 16.7 Å². The highest BCUT2D eigenvalue weighted by Crippen LogP contribution is 2.57. The van der Waals surface area contributed by atoms with Crippen LogP contribution in [0.3, 0.4) is 0 Å². The van der Waals surface area contributed by atoms with E-state index in [1.807, 2.05) is 12.1 Å². The molecule has 0 radical (unpaired) electrons. The first-order chi connectivity index (χ1) is 8.96. The Bertz CT molecular complexity index is 440. The van der Waals surface area contributed by atoms with Crippen molar-refractivity contribution < 1.29 is 0 Å². The Morgan fingerprint density at radius 3 is 2.42 bits per heavy atom. The van der Waals surface area contributed by atoms with Gasteiger partial charge in [-0.05, 0) is 67.4 Å². The van der Waals surface area contributed by atoms with E-state index >= 15 is 0 Å². The highest BCUT2D eigenvalue weighted by molar-refractivity contribution is 6.29. The molecule has 0 aromatic carbocycles. The van der Waals surface area contributed by atoms with Crippen LogP contribution in [0.4, 0.5) is 0 Å². The average molecular weight is 279 g/mol. The van der Waals surface area contributed by atoms with Crippen LogP contribution >= 0.6 is 11.6 Å². The van der Waals surface area contributed by atoms with E-state index in [0.29, 0.717) is 16.0 Å². The quantitative estimate of drug-likeness (QED) is 0.786. The lowest BCUT2D eigenvalue weighted by Crippen LogP contribution is -2.41. The van der Waals surface area contributed by atoms with Crippen molar-refractivity contribution >= 4 is 11.6 Å². The van der Waals surface area contributed by atoms with Gasteiger partial charge in [-0.3, -0.25) is 0 Å². The topological polar surface area (TPSA) is 25.8 Å². The summed E-state index contributed by atoms with van der Waals surface area (Å²) in [6, 6.07) is 3.89. The number of aromatic nitrogens is 2. The van der Waals surface area contributed by atoms with E-state index in [4.69, 9.17) is 11.6 Å². The van der Waals surface area contributed by atoms with Gasteiger partial charge in [0.1, 0.15) is 0 Å². The van der Waals surface area contributed by atoms with Gasteiger partial charge in [-0.2, -0.15) is 5.10 Å². The van der Waals surface area contributed by atoms with Crippen LogP contribution in [0.2, 0.25) is 5.15 Å². The largest absolute Gasteiger partial charge is 0.154 e. The van der Waals surface area contributed by atoms with E-state index < -0.39 is 0 Å². The summed E-state index contributed by atoms with van der Waals surface area (Å²) in [5.74, 6) is 0.763. The van der Waals surface area contributed by atoms with Crippen molar-refractivity contribution in [3.8, 4) is 0 Å². The van der Waals surface area contributed by atoms with Crippen LogP contribution in [0.25, 0.3) is 0 Å². The molecule has 0 aliphatic heterocycles. The van der Waals surface area contributed by atoms with Crippen LogP contribution in [0.1, 0.15) is 58.1 Å². The van der Waals surface area contributed by atoms with Gasteiger partial charge < -0.3 is 0 Å². The fourth-order valence-corrected chi connectivity index (χ4v) is 4.96. The number of halogens is 1. The summed E-state index contributed by atoms with van der Waals surface area (Å²) >= 11 is 5.80. The van der Waals surface area contributed by atoms with Crippen molar-refractivity contribution in [1.29, 1.82) is 0 Å². The second kappa shape index (κ2) is 4.73. The van der Waals surface area contributed by atoms with Crippen molar-refractivity contribution in [2.75, 3.05) is 0 Å². The number of hydrogen-bond acceptors (Lipinski definition) is 2. The molecule has 3 atom stereocenters. The predicted molar refractivity (Wildman–Crippen MR) is 78.2 cm³/mol. The van der Waals surface area contributed by atoms with Crippen molar-refractivity contribution in [1.82, 2.24) is 10.2 Å². The molecule has 0 saturated heterocycles. The first-order valence-electron chi connectivity index (χ1n) is 7.45. The Hall–Kier alpha value is -0.630. The number of nitrogens with zero attached hydrogens (tertiary/aromatic N) is 2. The molecular formula is C16H23ClN2. The van der Waals surface area contributed by atoms with E-state index in [-0.39, 0.29) is 0 Å². The Morgan fingerprint density at radius 2 is 1.84 bits per heavy atom. The van der Waals surface area contributed by atoms with E-state index in [9.17, 15) is 0 Å². The van der Waals surface area contributed by atoms with Crippen LogP contribution in [0.15, 0.2) is 12.1 Å². The van der Waals surface area contributed by atoms with Gasteiger partial charge in [-0.15, -0.1) is 5.10 Å². The molecule has 1 aromatic heterocycles. The normalized spacial score (nSPS) is 38.2. The predicted octanol–water partition coefficient (Wildman–Crippen LogP) is 4.67. The minimum atomic E-state index is 0.489. The van der Waals surface area contributed by atoms with Gasteiger partial charge in [-0.25, -0.2) is 0 Å². The molecule has 104 valence electrons. The number of hydrogen-bond donors (Lipinski definition) is 0. The fourth-order valence-electron chi connectivity index (χ4n) is 4.86. The molecule has 2 fully saturated rings. The average Bonchev–Trinajstić information content (AvgIpc) is 2.29. The summed E-state index contributed by atoms with van der Waals surface area (Å²) in [4.78, 5) is 0. The van der Waals surface area contributed by atoms with Crippen LogP contribution in [-0.4, -0.2) is 10.2 Å². The van der Waals surface area contributed by atoms with Gasteiger partial charge in [0.05, 0.1) is 5.69 Å². The molecule has 1 heterocycles. The molecule has 0 amide bonds. The lowest BCUT2D eigenvalue weighted by Gasteiger charge is -2.52. The molecule has 0 spiro atoms. The lowest BCUT2D eigenvalue weighted by atomic mass is 9.53. The Kier molecular flexibility index (Phi) is 3.33. The zero-order valence-electron chi connectivity index (χ0n) is 12.0. The zero-order chi connectivity index (χ0) is 13.5. The molecule has 2 aliphatic carbocycles. The van der Waals surface area contributed by atoms with Crippen molar-refractivity contribution in [2.45, 2.75) is 58.8 Å². The number of rotatable bonds is 2. The summed E-state index contributed by atoms with van der Waals surface area (Å²) in [6.45, 7) is 4.98. The Labute approximate surface area is 121 Å². The van der Waals surface area contributed by atoms with Crippen molar-refractivity contribution in [2.24, 2.45) is 16.7 Å². The monoisotopic (exact) mass is 278 g/mol. The van der Waals surface area contributed by atoms with E-state index in [0.717, 1.165) is 18.0 Å². The van der Waals surface area contributed by atoms with Crippen LogP contribution < -0.4 is 0 Å². The molecule has 2 bridgehead atoms. The molecule has 1 unspecified atom stereocenters. The molecule has 2 aliphatic rings. The summed E-state index contributed by atoms with van der Waals surface area (Å²) in [7, 11) is 0. The summed E-state index contributed by atoms with van der Waals surface area (Å²) in [5, 5.41) is 8.69. The SMILES string of the molecule is C[C@]12CCC[C@](C)(CC(Cc3ccc(Cl)nn3)C1)C2. The molecule has 3 rings (SSSR count). The van der Waals surface area contributed by atoms with Crippen LogP contribution in [-0.2, 0) is 6.42 Å². The van der Waals surface area contributed by atoms with Gasteiger partial charge in [-0.1, -0.05) is 31.9 Å². The zero-order valence-corrected chi connectivity index (χ0v) is 12.7. The first-order valence-corrected chi connectivity index (χ1v) is 7.82. The highest BCUT2D eigenvalue weighted by Gasteiger charge is 2.45. The third-order valence-electron chi connectivity index (χ3n) is 5.16. The lowest BCUT2D eigenvalue weighted by molar-refractivity contribution is -0.00771. The van der Waals surface area contributed by atoms with E-state index in [1.165, 1.54) is 38.5 Å². The Balaban J connectivity index is 1.73. The summed E-state index contributed by atoms with van der Waals surface area (Å²) in [5.41, 5.74) is 2.23. The van der Waals surface area contributed by atoms with Crippen molar-refractivity contribution in [3.63, 3.8) is 0 Å². The second-order valence-electron chi connectivity index (χ2n) is 7.48. The molecule has 2 nitrogen and oxygen atoms in total. The van der Waals surface area contributed by atoms with Crippen LogP contribution in [0.5, 0.6) is 0 Å². The summed E-state index contributed by atoms with van der Waals surface area (Å²) in [6.07, 6.45) is 9.43. The van der Waals surface area contributed by atoms with Gasteiger partial charge >= 0.3 is 0 Å². The molecular weight excluding hydrogens is 256 g/mol. The van der Waals surface area contributed by atoms with Crippen molar-refractivity contribution in [3.05, 3.63) is 23.0 Å². The minimum absolute atomic E-state index is 0.489. The smallest absolute Gasteiger partial charge is 0.151 e. The Morgan fingerprint density at radius 1 is 1.16 bits per heavy atom. The molecule has 1 aromatic rings. The van der Waals surface area contributed by atoms with Gasteiger partial charge in [0.25, 0.3) is 0 Å². The second-order valence-corrected chi connectivity index (χ2v) is 7.86. The van der Waals surface area contributed by atoms with Gasteiger partial charge in [0, 0.05) is 0 Å². The summed E-state index contributed by atoms with van der Waals surface area (Å²) < 4.78 is 0. The minimum Gasteiger partial charge on any atom is -0.154 e. The molecule has 2 saturated carbocycles. The van der Waals surface area contributed by atoms with Gasteiger partial charge in [0.2, 0.25) is 0 Å². The third kappa shape index (κ3) is 2.94. The number of fused-ring (bicyclic) bond motifs is 2. The maximum atomic E-state index is 5.80. The fraction of sp³-hybridized carbons (Fsp3) is 0.750.